The molecule has 2 unspecified atom stereocenters. The first-order valence-electron chi connectivity index (χ1n) is 6.90. The van der Waals surface area contributed by atoms with Crippen LogP contribution in [0.4, 0.5) is 0 Å². The lowest BCUT2D eigenvalue weighted by atomic mass is 10.1. The van der Waals surface area contributed by atoms with Crippen molar-refractivity contribution in [3.05, 3.63) is 21.3 Å². The average Bonchev–Trinajstić information content (AvgIpc) is 2.89. The molecule has 2 atom stereocenters. The molecule has 0 aliphatic carbocycles. The van der Waals surface area contributed by atoms with E-state index in [4.69, 9.17) is 21.1 Å². The number of thiophene rings is 1. The van der Waals surface area contributed by atoms with Crippen molar-refractivity contribution >= 4 is 28.8 Å². The Morgan fingerprint density at radius 3 is 3.10 bits per heavy atom. The van der Waals surface area contributed by atoms with Crippen LogP contribution in [-0.2, 0) is 20.8 Å². The van der Waals surface area contributed by atoms with Crippen molar-refractivity contribution in [1.82, 2.24) is 5.32 Å². The summed E-state index contributed by atoms with van der Waals surface area (Å²) in [5.41, 5.74) is 0. The van der Waals surface area contributed by atoms with E-state index in [1.165, 1.54) is 17.8 Å². The van der Waals surface area contributed by atoms with Gasteiger partial charge in [-0.25, -0.2) is 0 Å². The zero-order chi connectivity index (χ0) is 14.4. The first-order chi connectivity index (χ1) is 9.65. The van der Waals surface area contributed by atoms with E-state index in [9.17, 15) is 4.79 Å². The Hall–Kier alpha value is -0.620. The monoisotopic (exact) mass is 317 g/mol. The molecule has 4 nitrogen and oxygen atoms in total. The van der Waals surface area contributed by atoms with Crippen LogP contribution in [0.15, 0.2) is 12.1 Å². The third-order valence-corrected chi connectivity index (χ3v) is 4.47. The number of nitrogens with one attached hydrogen (secondary N) is 1. The van der Waals surface area contributed by atoms with E-state index in [1.54, 1.807) is 6.92 Å². The molecule has 1 N–H and O–H groups in total. The first kappa shape index (κ1) is 15.8. The number of hydrogen-bond acceptors (Lipinski definition) is 4. The zero-order valence-corrected chi connectivity index (χ0v) is 13.1. The van der Waals surface area contributed by atoms with Gasteiger partial charge in [0.1, 0.15) is 6.10 Å². The summed E-state index contributed by atoms with van der Waals surface area (Å²) in [7, 11) is 0. The molecule has 1 aliphatic rings. The van der Waals surface area contributed by atoms with Gasteiger partial charge in [-0.2, -0.15) is 0 Å². The molecule has 1 aliphatic heterocycles. The minimum atomic E-state index is -0.462. The van der Waals surface area contributed by atoms with Crippen molar-refractivity contribution in [1.29, 1.82) is 0 Å². The van der Waals surface area contributed by atoms with E-state index in [1.807, 2.05) is 12.1 Å². The van der Waals surface area contributed by atoms with Gasteiger partial charge in [0.25, 0.3) is 0 Å². The van der Waals surface area contributed by atoms with Gasteiger partial charge in [0, 0.05) is 11.5 Å². The Labute approximate surface area is 128 Å². The van der Waals surface area contributed by atoms with Crippen molar-refractivity contribution in [2.45, 2.75) is 44.9 Å². The number of ether oxygens (including phenoxy) is 2. The van der Waals surface area contributed by atoms with Crippen molar-refractivity contribution < 1.29 is 14.3 Å². The SMILES string of the molecule is CC(OCC1CCCCO1)C(=O)NCc1ccc(Cl)s1. The lowest BCUT2D eigenvalue weighted by molar-refractivity contribution is -0.135. The van der Waals surface area contributed by atoms with Crippen molar-refractivity contribution in [3.63, 3.8) is 0 Å². The molecule has 0 radical (unpaired) electrons. The molecule has 2 rings (SSSR count). The standard InChI is InChI=1S/C14H20ClNO3S/c1-10(19-9-11-4-2-3-7-18-11)14(17)16-8-12-5-6-13(15)20-12/h5-6,10-11H,2-4,7-9H2,1H3,(H,16,17). The van der Waals surface area contributed by atoms with Crippen LogP contribution in [-0.4, -0.2) is 31.3 Å². The summed E-state index contributed by atoms with van der Waals surface area (Å²) in [5, 5.41) is 2.85. The second-order valence-electron chi connectivity index (χ2n) is 4.89. The summed E-state index contributed by atoms with van der Waals surface area (Å²) in [6, 6.07) is 3.74. The van der Waals surface area contributed by atoms with Crippen LogP contribution in [0.3, 0.4) is 0 Å². The lowest BCUT2D eigenvalue weighted by Crippen LogP contribution is -2.36. The summed E-state index contributed by atoms with van der Waals surface area (Å²) in [5.74, 6) is -0.106. The highest BCUT2D eigenvalue weighted by molar-refractivity contribution is 7.16. The summed E-state index contributed by atoms with van der Waals surface area (Å²) >= 11 is 7.31. The summed E-state index contributed by atoms with van der Waals surface area (Å²) < 4.78 is 11.9. The van der Waals surface area contributed by atoms with Gasteiger partial charge >= 0.3 is 0 Å². The second-order valence-corrected chi connectivity index (χ2v) is 6.69. The highest BCUT2D eigenvalue weighted by atomic mass is 35.5. The van der Waals surface area contributed by atoms with Crippen LogP contribution < -0.4 is 5.32 Å². The minimum Gasteiger partial charge on any atom is -0.376 e. The van der Waals surface area contributed by atoms with Crippen LogP contribution >= 0.6 is 22.9 Å². The molecule has 1 amide bonds. The maximum absolute atomic E-state index is 11.9. The zero-order valence-electron chi connectivity index (χ0n) is 11.6. The molecular weight excluding hydrogens is 298 g/mol. The predicted octanol–water partition coefficient (Wildman–Crippen LogP) is 2.99. The van der Waals surface area contributed by atoms with Crippen molar-refractivity contribution in [3.8, 4) is 0 Å². The predicted molar refractivity (Wildman–Crippen MR) is 80.2 cm³/mol. The number of hydrogen-bond donors (Lipinski definition) is 1. The quantitative estimate of drug-likeness (QED) is 0.877. The van der Waals surface area contributed by atoms with Crippen LogP contribution in [0.25, 0.3) is 0 Å². The van der Waals surface area contributed by atoms with Gasteiger partial charge in [-0.3, -0.25) is 4.79 Å². The minimum absolute atomic E-state index is 0.106. The van der Waals surface area contributed by atoms with Crippen LogP contribution in [0.5, 0.6) is 0 Å². The molecule has 0 saturated carbocycles. The molecule has 20 heavy (non-hydrogen) atoms. The topological polar surface area (TPSA) is 47.6 Å². The third kappa shape index (κ3) is 5.05. The molecule has 112 valence electrons. The maximum atomic E-state index is 11.9. The number of carbonyl (C=O) groups is 1. The lowest BCUT2D eigenvalue weighted by Gasteiger charge is -2.23. The second kappa shape index (κ2) is 7.98. The van der Waals surface area contributed by atoms with E-state index in [0.29, 0.717) is 13.2 Å². The Bertz CT molecular complexity index is 432. The molecule has 0 bridgehead atoms. The van der Waals surface area contributed by atoms with Gasteiger partial charge < -0.3 is 14.8 Å². The van der Waals surface area contributed by atoms with Crippen LogP contribution in [0, 0.1) is 0 Å². The smallest absolute Gasteiger partial charge is 0.249 e. The number of carbonyl (C=O) groups excluding carboxylic acids is 1. The molecule has 0 spiro atoms. The largest absolute Gasteiger partial charge is 0.376 e. The van der Waals surface area contributed by atoms with E-state index < -0.39 is 6.10 Å². The van der Waals surface area contributed by atoms with E-state index in [0.717, 1.165) is 28.7 Å². The number of rotatable bonds is 6. The van der Waals surface area contributed by atoms with Gasteiger partial charge in [-0.15, -0.1) is 11.3 Å². The maximum Gasteiger partial charge on any atom is 0.249 e. The van der Waals surface area contributed by atoms with E-state index in [-0.39, 0.29) is 12.0 Å². The van der Waals surface area contributed by atoms with Gasteiger partial charge in [-0.05, 0) is 38.3 Å². The fourth-order valence-electron chi connectivity index (χ4n) is 2.03. The van der Waals surface area contributed by atoms with Crippen molar-refractivity contribution in [2.24, 2.45) is 0 Å². The average molecular weight is 318 g/mol. The van der Waals surface area contributed by atoms with Crippen LogP contribution in [0.2, 0.25) is 4.34 Å². The molecule has 2 heterocycles. The normalized spacial score (nSPS) is 20.6. The Morgan fingerprint density at radius 2 is 2.45 bits per heavy atom. The first-order valence-corrected chi connectivity index (χ1v) is 8.09. The molecule has 1 saturated heterocycles. The summed E-state index contributed by atoms with van der Waals surface area (Å²) in [6.07, 6.45) is 2.98. The summed E-state index contributed by atoms with van der Waals surface area (Å²) in [4.78, 5) is 12.9. The van der Waals surface area contributed by atoms with Gasteiger partial charge in [0.2, 0.25) is 5.91 Å². The van der Waals surface area contributed by atoms with E-state index in [2.05, 4.69) is 5.32 Å². The number of amides is 1. The molecular formula is C14H20ClNO3S. The molecule has 1 aromatic heterocycles. The third-order valence-electron chi connectivity index (χ3n) is 3.24. The molecule has 1 fully saturated rings. The molecule has 6 heteroatoms. The Balaban J connectivity index is 1.66. The fourth-order valence-corrected chi connectivity index (χ4v) is 3.06. The Kier molecular flexibility index (Phi) is 6.29. The fraction of sp³-hybridized carbons (Fsp3) is 0.643. The number of halogens is 1. The van der Waals surface area contributed by atoms with Gasteiger partial charge in [0.15, 0.2) is 0 Å². The highest BCUT2D eigenvalue weighted by Gasteiger charge is 2.18. The van der Waals surface area contributed by atoms with Crippen molar-refractivity contribution in [2.75, 3.05) is 13.2 Å². The molecule has 0 aromatic carbocycles. The van der Waals surface area contributed by atoms with E-state index >= 15 is 0 Å². The van der Waals surface area contributed by atoms with Gasteiger partial charge in [-0.1, -0.05) is 11.6 Å². The highest BCUT2D eigenvalue weighted by Crippen LogP contribution is 2.21. The molecule has 1 aromatic rings. The summed E-state index contributed by atoms with van der Waals surface area (Å²) in [6.45, 7) is 3.54. The Morgan fingerprint density at radius 1 is 1.60 bits per heavy atom. The van der Waals surface area contributed by atoms with Gasteiger partial charge in [0.05, 0.1) is 23.6 Å². The van der Waals surface area contributed by atoms with Crippen LogP contribution in [0.1, 0.15) is 31.1 Å².